The van der Waals surface area contributed by atoms with Gasteiger partial charge in [0.25, 0.3) is 0 Å². The normalized spacial score (nSPS) is 10.5. The van der Waals surface area contributed by atoms with Crippen LogP contribution < -0.4 is 5.32 Å². The molecular formula is C10H10N2S3. The highest BCUT2D eigenvalue weighted by atomic mass is 32.2. The number of thiazole rings is 1. The van der Waals surface area contributed by atoms with Crippen LogP contribution in [-0.4, -0.2) is 15.6 Å². The molecule has 1 aromatic carbocycles. The van der Waals surface area contributed by atoms with Gasteiger partial charge in [-0.3, -0.25) is 0 Å². The number of rotatable bonds is 1. The summed E-state index contributed by atoms with van der Waals surface area (Å²) in [5.74, 6) is 0. The summed E-state index contributed by atoms with van der Waals surface area (Å²) < 4.78 is 1.95. The summed E-state index contributed by atoms with van der Waals surface area (Å²) in [5.41, 5.74) is 2.28. The Morgan fingerprint density at radius 1 is 1.53 bits per heavy atom. The van der Waals surface area contributed by atoms with Crippen LogP contribution in [0.3, 0.4) is 0 Å². The van der Waals surface area contributed by atoms with Crippen LogP contribution in [0.15, 0.2) is 18.2 Å². The summed E-state index contributed by atoms with van der Waals surface area (Å²) in [6.45, 7) is 2.08. The van der Waals surface area contributed by atoms with Crippen molar-refractivity contribution in [2.45, 2.75) is 6.92 Å². The highest BCUT2D eigenvalue weighted by Gasteiger charge is 2.04. The molecule has 0 aliphatic rings. The van der Waals surface area contributed by atoms with E-state index in [2.05, 4.69) is 29.4 Å². The monoisotopic (exact) mass is 254 g/mol. The SMILES string of the molecule is CSC(=S)Nc1nc2ccc(C)cc2s1. The number of anilines is 1. The third-order valence-electron chi connectivity index (χ3n) is 1.94. The number of nitrogens with one attached hydrogen (secondary N) is 1. The van der Waals surface area contributed by atoms with Gasteiger partial charge in [0.2, 0.25) is 0 Å². The van der Waals surface area contributed by atoms with E-state index in [1.807, 2.05) is 12.3 Å². The van der Waals surface area contributed by atoms with E-state index in [0.717, 1.165) is 15.0 Å². The number of aromatic nitrogens is 1. The van der Waals surface area contributed by atoms with E-state index >= 15 is 0 Å². The molecule has 0 aliphatic carbocycles. The van der Waals surface area contributed by atoms with E-state index in [1.54, 1.807) is 11.3 Å². The number of fused-ring (bicyclic) bond motifs is 1. The van der Waals surface area contributed by atoms with Crippen LogP contribution in [0.5, 0.6) is 0 Å². The lowest BCUT2D eigenvalue weighted by Crippen LogP contribution is -2.02. The van der Waals surface area contributed by atoms with Crippen LogP contribution >= 0.6 is 35.3 Å². The van der Waals surface area contributed by atoms with Crippen molar-refractivity contribution in [3.63, 3.8) is 0 Å². The second-order valence-corrected chi connectivity index (χ2v) is 5.62. The Hall–Kier alpha value is -0.650. The first-order valence-corrected chi connectivity index (χ1v) is 6.86. The number of benzene rings is 1. The first-order chi connectivity index (χ1) is 7.19. The smallest absolute Gasteiger partial charge is 0.189 e. The number of hydrogen-bond donors (Lipinski definition) is 1. The maximum atomic E-state index is 5.09. The molecule has 78 valence electrons. The summed E-state index contributed by atoms with van der Waals surface area (Å²) >= 11 is 8.24. The van der Waals surface area contributed by atoms with Crippen molar-refractivity contribution in [3.8, 4) is 0 Å². The minimum Gasteiger partial charge on any atom is -0.317 e. The molecule has 1 N–H and O–H groups in total. The van der Waals surface area contributed by atoms with Crippen molar-refractivity contribution in [3.05, 3.63) is 23.8 Å². The van der Waals surface area contributed by atoms with Crippen molar-refractivity contribution >= 4 is 55.0 Å². The summed E-state index contributed by atoms with van der Waals surface area (Å²) in [6, 6.07) is 6.24. The van der Waals surface area contributed by atoms with E-state index in [4.69, 9.17) is 12.2 Å². The van der Waals surface area contributed by atoms with Gasteiger partial charge in [-0.1, -0.05) is 29.6 Å². The van der Waals surface area contributed by atoms with Gasteiger partial charge in [-0.2, -0.15) is 0 Å². The maximum Gasteiger partial charge on any atom is 0.189 e. The van der Waals surface area contributed by atoms with Crippen LogP contribution in [0, 0.1) is 6.92 Å². The number of nitrogens with zero attached hydrogens (tertiary/aromatic N) is 1. The van der Waals surface area contributed by atoms with Crippen molar-refractivity contribution < 1.29 is 0 Å². The Morgan fingerprint density at radius 2 is 2.33 bits per heavy atom. The molecule has 0 atom stereocenters. The molecule has 15 heavy (non-hydrogen) atoms. The van der Waals surface area contributed by atoms with E-state index < -0.39 is 0 Å². The molecule has 0 saturated carbocycles. The van der Waals surface area contributed by atoms with Gasteiger partial charge in [-0.05, 0) is 30.9 Å². The number of hydrogen-bond acceptors (Lipinski definition) is 4. The third-order valence-corrected chi connectivity index (χ3v) is 3.95. The van der Waals surface area contributed by atoms with Gasteiger partial charge in [0.1, 0.15) is 4.32 Å². The maximum absolute atomic E-state index is 5.09. The summed E-state index contributed by atoms with van der Waals surface area (Å²) in [5, 5.41) is 3.97. The standard InChI is InChI=1S/C10H10N2S3/c1-6-3-4-7-8(5-6)15-9(11-7)12-10(13)14-2/h3-5H,1-2H3,(H,11,12,13). The van der Waals surface area contributed by atoms with Gasteiger partial charge in [0.05, 0.1) is 10.2 Å². The fraction of sp³-hybridized carbons (Fsp3) is 0.200. The Balaban J connectivity index is 2.34. The second-order valence-electron chi connectivity index (χ2n) is 3.11. The van der Waals surface area contributed by atoms with Gasteiger partial charge in [-0.25, -0.2) is 4.98 Å². The third kappa shape index (κ3) is 2.48. The van der Waals surface area contributed by atoms with Crippen molar-refractivity contribution in [2.24, 2.45) is 0 Å². The van der Waals surface area contributed by atoms with Gasteiger partial charge < -0.3 is 5.32 Å². The van der Waals surface area contributed by atoms with E-state index in [-0.39, 0.29) is 0 Å². The minimum absolute atomic E-state index is 0.755. The molecular weight excluding hydrogens is 244 g/mol. The van der Waals surface area contributed by atoms with E-state index in [1.165, 1.54) is 22.0 Å². The molecule has 1 aromatic heterocycles. The quantitative estimate of drug-likeness (QED) is 0.785. The highest BCUT2D eigenvalue weighted by Crippen LogP contribution is 2.27. The Kier molecular flexibility index (Phi) is 3.23. The van der Waals surface area contributed by atoms with Gasteiger partial charge in [0, 0.05) is 0 Å². The van der Waals surface area contributed by atoms with Gasteiger partial charge >= 0.3 is 0 Å². The molecule has 2 nitrogen and oxygen atoms in total. The van der Waals surface area contributed by atoms with Crippen molar-refractivity contribution in [2.75, 3.05) is 11.6 Å². The van der Waals surface area contributed by atoms with E-state index in [9.17, 15) is 0 Å². The fourth-order valence-corrected chi connectivity index (χ4v) is 2.62. The molecule has 0 unspecified atom stereocenters. The topological polar surface area (TPSA) is 24.9 Å². The zero-order valence-electron chi connectivity index (χ0n) is 8.40. The molecule has 0 saturated heterocycles. The Labute approximate surface area is 102 Å². The number of thioether (sulfide) groups is 1. The van der Waals surface area contributed by atoms with Gasteiger partial charge in [0.15, 0.2) is 5.13 Å². The van der Waals surface area contributed by atoms with Crippen LogP contribution in [-0.2, 0) is 0 Å². The Bertz CT molecular complexity index is 504. The molecule has 2 aromatic rings. The molecule has 0 radical (unpaired) electrons. The molecule has 0 fully saturated rings. The zero-order valence-corrected chi connectivity index (χ0v) is 10.9. The minimum atomic E-state index is 0.755. The molecule has 0 bridgehead atoms. The predicted octanol–water partition coefficient (Wildman–Crippen LogP) is 3.66. The Morgan fingerprint density at radius 3 is 3.07 bits per heavy atom. The van der Waals surface area contributed by atoms with Crippen LogP contribution in [0.1, 0.15) is 5.56 Å². The lowest BCUT2D eigenvalue weighted by molar-refractivity contribution is 1.46. The molecule has 0 amide bonds. The van der Waals surface area contributed by atoms with Crippen LogP contribution in [0.4, 0.5) is 5.13 Å². The van der Waals surface area contributed by atoms with Crippen LogP contribution in [0.25, 0.3) is 10.2 Å². The summed E-state index contributed by atoms with van der Waals surface area (Å²) in [7, 11) is 0. The number of thiocarbonyl (C=S) groups is 1. The predicted molar refractivity (Wildman–Crippen MR) is 74.1 cm³/mol. The lowest BCUT2D eigenvalue weighted by Gasteiger charge is -1.97. The number of aryl methyl sites for hydroxylation is 1. The first kappa shape index (κ1) is 10.9. The average molecular weight is 254 g/mol. The average Bonchev–Trinajstić information content (AvgIpc) is 2.59. The largest absolute Gasteiger partial charge is 0.317 e. The van der Waals surface area contributed by atoms with Crippen molar-refractivity contribution in [1.82, 2.24) is 4.98 Å². The first-order valence-electron chi connectivity index (χ1n) is 4.41. The molecule has 1 heterocycles. The summed E-state index contributed by atoms with van der Waals surface area (Å²) in [6.07, 6.45) is 1.95. The molecule has 5 heteroatoms. The van der Waals surface area contributed by atoms with Crippen LogP contribution in [0.2, 0.25) is 0 Å². The second kappa shape index (κ2) is 4.47. The molecule has 0 aliphatic heterocycles. The molecule has 2 rings (SSSR count). The lowest BCUT2D eigenvalue weighted by atomic mass is 10.2. The zero-order chi connectivity index (χ0) is 10.8. The molecule has 0 spiro atoms. The van der Waals surface area contributed by atoms with Crippen molar-refractivity contribution in [1.29, 1.82) is 0 Å². The fourth-order valence-electron chi connectivity index (χ4n) is 1.22. The summed E-state index contributed by atoms with van der Waals surface area (Å²) in [4.78, 5) is 4.45. The van der Waals surface area contributed by atoms with Gasteiger partial charge in [-0.15, -0.1) is 11.8 Å². The highest BCUT2D eigenvalue weighted by molar-refractivity contribution is 8.22. The van der Waals surface area contributed by atoms with E-state index in [0.29, 0.717) is 0 Å².